The van der Waals surface area contributed by atoms with Crippen LogP contribution in [-0.2, 0) is 21.7 Å². The monoisotopic (exact) mass is 245 g/mol. The summed E-state index contributed by atoms with van der Waals surface area (Å²) < 4.78 is 0. The van der Waals surface area contributed by atoms with Gasteiger partial charge in [-0.2, -0.15) is 12.2 Å². The summed E-state index contributed by atoms with van der Waals surface area (Å²) >= 11 is 0. The maximum Gasteiger partial charge on any atom is 3.00 e. The van der Waals surface area contributed by atoms with Crippen LogP contribution in [0.4, 0.5) is 0 Å². The molecule has 2 rings (SSSR count). The Hall–Kier alpha value is -0.0757. The predicted molar refractivity (Wildman–Crippen MR) is 51.3 cm³/mol. The first kappa shape index (κ1) is 19.5. The molecule has 0 aromatic heterocycles. The van der Waals surface area contributed by atoms with E-state index >= 15 is 0 Å². The first-order chi connectivity index (χ1) is 6.00. The van der Waals surface area contributed by atoms with Crippen LogP contribution in [0.1, 0.15) is 12.8 Å². The first-order valence-corrected chi connectivity index (χ1v) is 3.88. The van der Waals surface area contributed by atoms with Crippen molar-refractivity contribution in [2.75, 3.05) is 7.11 Å². The van der Waals surface area contributed by atoms with Gasteiger partial charge in [-0.3, -0.25) is 12.2 Å². The normalized spacial score (nSPS) is 13.0. The van der Waals surface area contributed by atoms with E-state index in [-0.39, 0.29) is 34.1 Å². The molecule has 3 heteroatoms. The summed E-state index contributed by atoms with van der Waals surface area (Å²) in [5.74, 6) is 0. The van der Waals surface area contributed by atoms with Gasteiger partial charge in [0.25, 0.3) is 0 Å². The fraction of sp³-hybridized carbons (Fsp3) is 0.273. The molecule has 75 valence electrons. The molecule has 1 nitrogen and oxygen atoms in total. The van der Waals surface area contributed by atoms with Crippen LogP contribution >= 0.6 is 0 Å². The van der Waals surface area contributed by atoms with Gasteiger partial charge in [0.05, 0.1) is 0 Å². The summed E-state index contributed by atoms with van der Waals surface area (Å²) in [6.07, 6.45) is 20.0. The fourth-order valence-electron chi connectivity index (χ4n) is 0.680. The van der Waals surface area contributed by atoms with Crippen LogP contribution in [0.15, 0.2) is 36.5 Å². The molecule has 0 aromatic rings. The van der Waals surface area contributed by atoms with E-state index in [0.29, 0.717) is 0 Å². The number of hydrogen-bond acceptors (Lipinski definition) is 1. The second-order valence-corrected chi connectivity index (χ2v) is 2.01. The standard InChI is InChI=1S/2C5H5.CH4O.ClH.Ti/c2*1-2-4-5-3-1;1-2;;/h2*1-3H,4H2;2H,1H3;1H;/q2*-1;;;+3/p-1. The van der Waals surface area contributed by atoms with Gasteiger partial charge < -0.3 is 17.5 Å². The van der Waals surface area contributed by atoms with Crippen molar-refractivity contribution in [2.24, 2.45) is 0 Å². The molecule has 1 radical (unpaired) electrons. The Bertz CT molecular complexity index is 153. The minimum absolute atomic E-state index is 0. The van der Waals surface area contributed by atoms with Crippen LogP contribution in [0, 0.1) is 12.2 Å². The van der Waals surface area contributed by atoms with E-state index in [9.17, 15) is 0 Å². The maximum absolute atomic E-state index is 7.00. The summed E-state index contributed by atoms with van der Waals surface area (Å²) in [6, 6.07) is 0. The predicted octanol–water partition coefficient (Wildman–Crippen LogP) is -0.779. The molecule has 0 fully saturated rings. The zero-order valence-electron chi connectivity index (χ0n) is 8.20. The Morgan fingerprint density at radius 2 is 1.29 bits per heavy atom. The van der Waals surface area contributed by atoms with Crippen LogP contribution in [0.3, 0.4) is 0 Å². The van der Waals surface area contributed by atoms with E-state index in [1.807, 2.05) is 24.3 Å². The molecule has 0 unspecified atom stereocenters. The zero-order chi connectivity index (χ0) is 9.07. The van der Waals surface area contributed by atoms with Crippen LogP contribution < -0.4 is 12.4 Å². The number of aliphatic hydroxyl groups excluding tert-OH is 1. The van der Waals surface area contributed by atoms with Gasteiger partial charge in [0.2, 0.25) is 0 Å². The molecule has 14 heavy (non-hydrogen) atoms. The molecule has 0 aliphatic heterocycles. The van der Waals surface area contributed by atoms with E-state index in [1.54, 1.807) is 0 Å². The summed E-state index contributed by atoms with van der Waals surface area (Å²) in [5, 5.41) is 7.00. The molecular formula is C11H14ClOTi. The second kappa shape index (κ2) is 18.7. The van der Waals surface area contributed by atoms with Crippen molar-refractivity contribution in [3.63, 3.8) is 0 Å². The van der Waals surface area contributed by atoms with Crippen molar-refractivity contribution in [1.82, 2.24) is 0 Å². The zero-order valence-corrected chi connectivity index (χ0v) is 10.5. The molecular weight excluding hydrogens is 231 g/mol. The van der Waals surface area contributed by atoms with Gasteiger partial charge in [-0.05, 0) is 0 Å². The van der Waals surface area contributed by atoms with Gasteiger partial charge in [-0.1, -0.05) is 0 Å². The molecule has 0 saturated heterocycles. The Morgan fingerprint density at radius 3 is 1.36 bits per heavy atom. The van der Waals surface area contributed by atoms with E-state index in [2.05, 4.69) is 24.3 Å². The summed E-state index contributed by atoms with van der Waals surface area (Å²) in [5.41, 5.74) is 0. The molecule has 2 aliphatic rings. The average Bonchev–Trinajstić information content (AvgIpc) is 2.87. The smallest absolute Gasteiger partial charge is 1.00 e. The van der Waals surface area contributed by atoms with E-state index < -0.39 is 0 Å². The van der Waals surface area contributed by atoms with Gasteiger partial charge >= 0.3 is 21.7 Å². The third-order valence-corrected chi connectivity index (χ3v) is 1.17. The Labute approximate surface area is 108 Å². The summed E-state index contributed by atoms with van der Waals surface area (Å²) in [7, 11) is 1.00. The maximum atomic E-state index is 7.00. The number of hydrogen-bond donors (Lipinski definition) is 1. The van der Waals surface area contributed by atoms with Crippen molar-refractivity contribution >= 4 is 0 Å². The van der Waals surface area contributed by atoms with Crippen molar-refractivity contribution in [3.8, 4) is 0 Å². The van der Waals surface area contributed by atoms with Crippen LogP contribution in [0.2, 0.25) is 0 Å². The van der Waals surface area contributed by atoms with Crippen molar-refractivity contribution < 1.29 is 39.2 Å². The second-order valence-electron chi connectivity index (χ2n) is 2.01. The summed E-state index contributed by atoms with van der Waals surface area (Å²) in [6.45, 7) is 0. The van der Waals surface area contributed by atoms with Gasteiger partial charge in [-0.25, -0.2) is 24.3 Å². The van der Waals surface area contributed by atoms with E-state index in [0.717, 1.165) is 20.0 Å². The molecule has 0 bridgehead atoms. The SMILES string of the molecule is CO.[C-]1=CC=CC1.[C-]1=CC=CC1.[Cl-].[Ti+3]. The van der Waals surface area contributed by atoms with E-state index in [1.165, 1.54) is 0 Å². The molecule has 2 aliphatic carbocycles. The van der Waals surface area contributed by atoms with Crippen LogP contribution in [0.25, 0.3) is 0 Å². The molecule has 1 N–H and O–H groups in total. The van der Waals surface area contributed by atoms with Crippen LogP contribution in [-0.4, -0.2) is 12.2 Å². The number of rotatable bonds is 0. The molecule has 0 heterocycles. The van der Waals surface area contributed by atoms with Crippen molar-refractivity contribution in [3.05, 3.63) is 48.6 Å². The Balaban J connectivity index is -0.000000131. The summed E-state index contributed by atoms with van der Waals surface area (Å²) in [4.78, 5) is 0. The molecule has 0 saturated carbocycles. The van der Waals surface area contributed by atoms with Gasteiger partial charge in [0, 0.05) is 7.11 Å². The average molecular weight is 246 g/mol. The van der Waals surface area contributed by atoms with Gasteiger partial charge in [-0.15, -0.1) is 12.8 Å². The molecule has 0 aromatic carbocycles. The first-order valence-electron chi connectivity index (χ1n) is 3.88. The largest absolute Gasteiger partial charge is 3.00 e. The minimum atomic E-state index is 0. The third kappa shape index (κ3) is 14.4. The van der Waals surface area contributed by atoms with Crippen molar-refractivity contribution in [2.45, 2.75) is 12.8 Å². The Kier molecular flexibility index (Phi) is 26.0. The third-order valence-electron chi connectivity index (χ3n) is 1.17. The number of aliphatic hydroxyl groups is 1. The van der Waals surface area contributed by atoms with E-state index in [4.69, 9.17) is 5.11 Å². The topological polar surface area (TPSA) is 20.2 Å². The quantitative estimate of drug-likeness (QED) is 0.439. The Morgan fingerprint density at radius 1 is 0.929 bits per heavy atom. The van der Waals surface area contributed by atoms with Crippen LogP contribution in [0.5, 0.6) is 0 Å². The van der Waals surface area contributed by atoms with Gasteiger partial charge in [0.15, 0.2) is 0 Å². The van der Waals surface area contributed by atoms with Crippen molar-refractivity contribution in [1.29, 1.82) is 0 Å². The fourth-order valence-corrected chi connectivity index (χ4v) is 0.680. The molecule has 0 amide bonds. The molecule has 0 atom stereocenters. The van der Waals surface area contributed by atoms with Gasteiger partial charge in [0.1, 0.15) is 0 Å². The molecule has 0 spiro atoms. The minimum Gasteiger partial charge on any atom is -1.00 e. The number of allylic oxidation sites excluding steroid dienone is 8. The number of halogens is 1.